The molecule has 0 saturated carbocycles. The highest BCUT2D eigenvalue weighted by Crippen LogP contribution is 2.15. The molecule has 0 bridgehead atoms. The first kappa shape index (κ1) is 13.3. The standard InChI is InChI=1S/C15H15FN2O/c1-2-3-4-10-18-15(19)9-8-14(17-18)12-6-5-7-13(16)11-12/h5-7,11H,2-3,8-9H2,1H3. The molecule has 1 aliphatic rings. The lowest BCUT2D eigenvalue weighted by Gasteiger charge is -2.18. The molecule has 98 valence electrons. The average Bonchev–Trinajstić information content (AvgIpc) is 2.41. The molecule has 1 amide bonds. The van der Waals surface area contributed by atoms with Gasteiger partial charge >= 0.3 is 0 Å². The van der Waals surface area contributed by atoms with Crippen molar-refractivity contribution in [1.29, 1.82) is 0 Å². The molecule has 1 aromatic carbocycles. The summed E-state index contributed by atoms with van der Waals surface area (Å²) in [6.45, 7) is 2.02. The molecule has 3 nitrogen and oxygen atoms in total. The predicted molar refractivity (Wildman–Crippen MR) is 71.7 cm³/mol. The quantitative estimate of drug-likeness (QED) is 0.751. The fraction of sp³-hybridized carbons (Fsp3) is 0.333. The first-order valence-electron chi connectivity index (χ1n) is 6.35. The molecular formula is C15H15FN2O. The van der Waals surface area contributed by atoms with Gasteiger partial charge in [0.15, 0.2) is 0 Å². The summed E-state index contributed by atoms with van der Waals surface area (Å²) >= 11 is 0. The molecule has 0 aromatic heterocycles. The van der Waals surface area contributed by atoms with Crippen molar-refractivity contribution in [2.24, 2.45) is 5.10 Å². The largest absolute Gasteiger partial charge is 0.272 e. The Kier molecular flexibility index (Phi) is 4.30. The molecule has 1 heterocycles. The third kappa shape index (κ3) is 3.41. The average molecular weight is 258 g/mol. The van der Waals surface area contributed by atoms with Gasteiger partial charge in [-0.2, -0.15) is 10.1 Å². The first-order valence-corrected chi connectivity index (χ1v) is 6.35. The molecule has 0 saturated heterocycles. The van der Waals surface area contributed by atoms with Crippen molar-refractivity contribution in [1.82, 2.24) is 5.01 Å². The molecule has 19 heavy (non-hydrogen) atoms. The Morgan fingerprint density at radius 2 is 2.26 bits per heavy atom. The van der Waals surface area contributed by atoms with Crippen molar-refractivity contribution in [2.75, 3.05) is 0 Å². The minimum absolute atomic E-state index is 0.108. The molecule has 0 unspecified atom stereocenters. The fourth-order valence-electron chi connectivity index (χ4n) is 1.77. The van der Waals surface area contributed by atoms with E-state index in [1.807, 2.05) is 6.92 Å². The van der Waals surface area contributed by atoms with E-state index >= 15 is 0 Å². The zero-order valence-electron chi connectivity index (χ0n) is 10.8. The van der Waals surface area contributed by atoms with Crippen molar-refractivity contribution < 1.29 is 9.18 Å². The first-order chi connectivity index (χ1) is 9.20. The van der Waals surface area contributed by atoms with E-state index in [4.69, 9.17) is 0 Å². The van der Waals surface area contributed by atoms with Gasteiger partial charge in [0.05, 0.1) is 5.71 Å². The maximum absolute atomic E-state index is 13.2. The van der Waals surface area contributed by atoms with Crippen LogP contribution in [0.25, 0.3) is 0 Å². The second-order valence-corrected chi connectivity index (χ2v) is 4.30. The second-order valence-electron chi connectivity index (χ2n) is 4.30. The highest BCUT2D eigenvalue weighted by atomic mass is 19.1. The van der Waals surface area contributed by atoms with Crippen LogP contribution in [0.1, 0.15) is 38.2 Å². The number of hydrazone groups is 1. The van der Waals surface area contributed by atoms with E-state index in [0.29, 0.717) is 24.1 Å². The lowest BCUT2D eigenvalue weighted by molar-refractivity contribution is -0.128. The van der Waals surface area contributed by atoms with Gasteiger partial charge < -0.3 is 0 Å². The summed E-state index contributed by atoms with van der Waals surface area (Å²) in [7, 11) is 0. The van der Waals surface area contributed by atoms with Crippen molar-refractivity contribution in [3.63, 3.8) is 0 Å². The van der Waals surface area contributed by atoms with Crippen LogP contribution in [0.3, 0.4) is 0 Å². The van der Waals surface area contributed by atoms with Crippen molar-refractivity contribution in [3.8, 4) is 12.0 Å². The van der Waals surface area contributed by atoms with Gasteiger partial charge in [-0.1, -0.05) is 25.0 Å². The van der Waals surface area contributed by atoms with Crippen LogP contribution in [-0.4, -0.2) is 16.6 Å². The van der Waals surface area contributed by atoms with Gasteiger partial charge in [-0.15, -0.1) is 0 Å². The molecule has 0 spiro atoms. The number of benzene rings is 1. The van der Waals surface area contributed by atoms with E-state index in [1.54, 1.807) is 12.1 Å². The van der Waals surface area contributed by atoms with Crippen LogP contribution in [0, 0.1) is 17.8 Å². The van der Waals surface area contributed by atoms with Gasteiger partial charge in [0, 0.05) is 30.9 Å². The SMILES string of the molecule is CCCC#CN1N=C(c2cccc(F)c2)CCC1=O. The van der Waals surface area contributed by atoms with Crippen LogP contribution < -0.4 is 0 Å². The number of hydrogen-bond acceptors (Lipinski definition) is 2. The molecule has 0 fully saturated rings. The van der Waals surface area contributed by atoms with Crippen LogP contribution >= 0.6 is 0 Å². The minimum atomic E-state index is -0.305. The molecule has 0 aliphatic carbocycles. The smallest absolute Gasteiger partial charge is 0.255 e. The van der Waals surface area contributed by atoms with Gasteiger partial charge in [0.2, 0.25) is 0 Å². The lowest BCUT2D eigenvalue weighted by atomic mass is 10.0. The van der Waals surface area contributed by atoms with E-state index in [9.17, 15) is 9.18 Å². The Morgan fingerprint density at radius 1 is 1.42 bits per heavy atom. The minimum Gasteiger partial charge on any atom is -0.272 e. The van der Waals surface area contributed by atoms with E-state index < -0.39 is 0 Å². The maximum atomic E-state index is 13.2. The van der Waals surface area contributed by atoms with Crippen LogP contribution in [0.5, 0.6) is 0 Å². The monoisotopic (exact) mass is 258 g/mol. The number of unbranched alkanes of at least 4 members (excludes halogenated alkanes) is 1. The number of carbonyl (C=O) groups is 1. The maximum Gasteiger partial charge on any atom is 0.255 e. The second kappa shape index (κ2) is 6.14. The predicted octanol–water partition coefficient (Wildman–Crippen LogP) is 2.91. The van der Waals surface area contributed by atoms with Crippen molar-refractivity contribution in [2.45, 2.75) is 32.6 Å². The summed E-state index contributed by atoms with van der Waals surface area (Å²) in [5.41, 5.74) is 1.40. The Bertz CT molecular complexity index is 569. The van der Waals surface area contributed by atoms with E-state index in [0.717, 1.165) is 12.8 Å². The van der Waals surface area contributed by atoms with Crippen LogP contribution in [0.2, 0.25) is 0 Å². The zero-order chi connectivity index (χ0) is 13.7. The Morgan fingerprint density at radius 3 is 3.00 bits per heavy atom. The third-order valence-corrected chi connectivity index (χ3v) is 2.75. The molecule has 1 aliphatic heterocycles. The molecule has 0 atom stereocenters. The summed E-state index contributed by atoms with van der Waals surface area (Å²) in [6.07, 6.45) is 2.55. The molecule has 1 aromatic rings. The molecular weight excluding hydrogens is 243 g/mol. The molecule has 2 rings (SSSR count). The van der Waals surface area contributed by atoms with Crippen molar-refractivity contribution in [3.05, 3.63) is 35.6 Å². The molecule has 4 heteroatoms. The van der Waals surface area contributed by atoms with E-state index in [2.05, 4.69) is 17.1 Å². The number of nitrogens with zero attached hydrogens (tertiary/aromatic N) is 2. The number of halogens is 1. The summed E-state index contributed by atoms with van der Waals surface area (Å²) in [6, 6.07) is 8.97. The fourth-order valence-corrected chi connectivity index (χ4v) is 1.77. The lowest BCUT2D eigenvalue weighted by Crippen LogP contribution is -2.28. The molecule has 0 radical (unpaired) electrons. The molecule has 0 N–H and O–H groups in total. The summed E-state index contributed by atoms with van der Waals surface area (Å²) < 4.78 is 13.2. The van der Waals surface area contributed by atoms with Gasteiger partial charge in [0.25, 0.3) is 5.91 Å². The van der Waals surface area contributed by atoms with Gasteiger partial charge in [0.1, 0.15) is 5.82 Å². The highest BCUT2D eigenvalue weighted by molar-refractivity contribution is 6.04. The zero-order valence-corrected chi connectivity index (χ0v) is 10.8. The highest BCUT2D eigenvalue weighted by Gasteiger charge is 2.20. The van der Waals surface area contributed by atoms with Crippen LogP contribution in [0.15, 0.2) is 29.4 Å². The summed E-state index contributed by atoms with van der Waals surface area (Å²) in [5.74, 6) is 2.48. The Hall–Kier alpha value is -2.15. The number of rotatable bonds is 2. The van der Waals surface area contributed by atoms with Crippen LogP contribution in [-0.2, 0) is 4.79 Å². The van der Waals surface area contributed by atoms with Crippen LogP contribution in [0.4, 0.5) is 4.39 Å². The Labute approximate surface area is 112 Å². The Balaban J connectivity index is 2.24. The van der Waals surface area contributed by atoms with Gasteiger partial charge in [-0.25, -0.2) is 4.39 Å². The van der Waals surface area contributed by atoms with Gasteiger partial charge in [-0.3, -0.25) is 4.79 Å². The normalized spacial score (nSPS) is 14.7. The number of hydrogen-bond donors (Lipinski definition) is 0. The van der Waals surface area contributed by atoms with Gasteiger partial charge in [-0.05, 0) is 18.6 Å². The summed E-state index contributed by atoms with van der Waals surface area (Å²) in [5, 5.41) is 5.39. The van der Waals surface area contributed by atoms with E-state index in [-0.39, 0.29) is 11.7 Å². The number of carbonyl (C=O) groups excluding carboxylic acids is 1. The van der Waals surface area contributed by atoms with E-state index in [1.165, 1.54) is 17.1 Å². The summed E-state index contributed by atoms with van der Waals surface area (Å²) in [4.78, 5) is 11.7. The third-order valence-electron chi connectivity index (χ3n) is 2.75. The topological polar surface area (TPSA) is 32.7 Å². The number of amides is 1. The van der Waals surface area contributed by atoms with Crippen molar-refractivity contribution >= 4 is 11.6 Å².